The van der Waals surface area contributed by atoms with Crippen molar-refractivity contribution in [3.63, 3.8) is 0 Å². The van der Waals surface area contributed by atoms with Crippen LogP contribution in [0.4, 0.5) is 0 Å². The highest BCUT2D eigenvalue weighted by atomic mass is 16.5. The Hall–Kier alpha value is -0.410. The summed E-state index contributed by atoms with van der Waals surface area (Å²) in [5, 5.41) is 0. The minimum absolute atomic E-state index is 0.327. The first-order chi connectivity index (χ1) is 9.22. The molecule has 19 heavy (non-hydrogen) atoms. The van der Waals surface area contributed by atoms with Crippen LogP contribution < -0.4 is 0 Å². The predicted octanol–water partition coefficient (Wildman–Crippen LogP) is 3.27. The van der Waals surface area contributed by atoms with Crippen LogP contribution in [0.5, 0.6) is 0 Å². The summed E-state index contributed by atoms with van der Waals surface area (Å²) in [6.07, 6.45) is 8.22. The number of carbonyl (C=O) groups excluding carboxylic acids is 1. The van der Waals surface area contributed by atoms with Crippen LogP contribution >= 0.6 is 0 Å². The van der Waals surface area contributed by atoms with Gasteiger partial charge in [-0.15, -0.1) is 0 Å². The van der Waals surface area contributed by atoms with E-state index in [0.29, 0.717) is 30.9 Å². The first-order valence-electron chi connectivity index (χ1n) is 7.98. The molecule has 0 aromatic heterocycles. The SMILES string of the molecule is CCC(CC)N(CCOC)CC(=O)C1CCCCC1. The van der Waals surface area contributed by atoms with Crippen molar-refractivity contribution in [2.24, 2.45) is 5.92 Å². The monoisotopic (exact) mass is 269 g/mol. The molecule has 112 valence electrons. The van der Waals surface area contributed by atoms with Crippen LogP contribution in [0.3, 0.4) is 0 Å². The minimum atomic E-state index is 0.327. The maximum atomic E-state index is 12.4. The molecule has 3 nitrogen and oxygen atoms in total. The van der Waals surface area contributed by atoms with Gasteiger partial charge in [-0.25, -0.2) is 0 Å². The summed E-state index contributed by atoms with van der Waals surface area (Å²) in [6, 6.07) is 0.516. The van der Waals surface area contributed by atoms with Gasteiger partial charge in [0.1, 0.15) is 5.78 Å². The number of ether oxygens (including phenoxy) is 1. The third-order valence-electron chi connectivity index (χ3n) is 4.46. The standard InChI is InChI=1S/C16H31NO2/c1-4-15(5-2)17(11-12-19-3)13-16(18)14-9-7-6-8-10-14/h14-15H,4-13H2,1-3H3. The Balaban J connectivity index is 2.51. The van der Waals surface area contributed by atoms with Gasteiger partial charge in [-0.2, -0.15) is 0 Å². The van der Waals surface area contributed by atoms with E-state index in [1.54, 1.807) is 7.11 Å². The van der Waals surface area contributed by atoms with E-state index in [9.17, 15) is 4.79 Å². The van der Waals surface area contributed by atoms with E-state index in [0.717, 1.165) is 32.2 Å². The fourth-order valence-corrected chi connectivity index (χ4v) is 3.16. The zero-order chi connectivity index (χ0) is 14.1. The van der Waals surface area contributed by atoms with Crippen LogP contribution in [-0.4, -0.2) is 43.5 Å². The summed E-state index contributed by atoms with van der Waals surface area (Å²) in [7, 11) is 1.73. The second kappa shape index (κ2) is 9.49. The summed E-state index contributed by atoms with van der Waals surface area (Å²) in [5.41, 5.74) is 0. The lowest BCUT2D eigenvalue weighted by Crippen LogP contribution is -2.42. The highest BCUT2D eigenvalue weighted by Gasteiger charge is 2.25. The summed E-state index contributed by atoms with van der Waals surface area (Å²) < 4.78 is 5.19. The van der Waals surface area contributed by atoms with Crippen molar-refractivity contribution in [2.45, 2.75) is 64.8 Å². The van der Waals surface area contributed by atoms with Gasteiger partial charge >= 0.3 is 0 Å². The smallest absolute Gasteiger partial charge is 0.149 e. The predicted molar refractivity (Wildman–Crippen MR) is 79.4 cm³/mol. The molecule has 0 spiro atoms. The van der Waals surface area contributed by atoms with Crippen molar-refractivity contribution in [3.05, 3.63) is 0 Å². The number of carbonyl (C=O) groups is 1. The maximum absolute atomic E-state index is 12.4. The Bertz CT molecular complexity index is 245. The van der Waals surface area contributed by atoms with Crippen molar-refractivity contribution in [3.8, 4) is 0 Å². The molecule has 0 radical (unpaired) electrons. The van der Waals surface area contributed by atoms with E-state index in [1.165, 1.54) is 19.3 Å². The summed E-state index contributed by atoms with van der Waals surface area (Å²) >= 11 is 0. The number of hydrogen-bond donors (Lipinski definition) is 0. The molecule has 0 heterocycles. The molecule has 0 aromatic carbocycles. The van der Waals surface area contributed by atoms with E-state index < -0.39 is 0 Å². The lowest BCUT2D eigenvalue weighted by molar-refractivity contribution is -0.125. The maximum Gasteiger partial charge on any atom is 0.149 e. The molecule has 1 aliphatic carbocycles. The van der Waals surface area contributed by atoms with Crippen molar-refractivity contribution in [1.82, 2.24) is 4.90 Å². The van der Waals surface area contributed by atoms with Gasteiger partial charge in [0.2, 0.25) is 0 Å². The molecular weight excluding hydrogens is 238 g/mol. The fourth-order valence-electron chi connectivity index (χ4n) is 3.16. The van der Waals surface area contributed by atoms with Crippen LogP contribution in [0.1, 0.15) is 58.8 Å². The summed E-state index contributed by atoms with van der Waals surface area (Å²) in [6.45, 7) is 6.63. The van der Waals surface area contributed by atoms with Gasteiger partial charge in [-0.3, -0.25) is 9.69 Å². The molecule has 1 fully saturated rings. The quantitative estimate of drug-likeness (QED) is 0.643. The Morgan fingerprint density at radius 3 is 2.37 bits per heavy atom. The third kappa shape index (κ3) is 5.62. The van der Waals surface area contributed by atoms with Crippen LogP contribution in [0.2, 0.25) is 0 Å². The molecule has 1 saturated carbocycles. The van der Waals surface area contributed by atoms with Crippen LogP contribution in [0.15, 0.2) is 0 Å². The lowest BCUT2D eigenvalue weighted by atomic mass is 9.86. The lowest BCUT2D eigenvalue weighted by Gasteiger charge is -2.31. The Labute approximate surface area is 118 Å². The molecule has 0 aromatic rings. The molecule has 0 bridgehead atoms. The fraction of sp³-hybridized carbons (Fsp3) is 0.938. The molecule has 0 saturated heterocycles. The number of hydrogen-bond acceptors (Lipinski definition) is 3. The van der Waals surface area contributed by atoms with Gasteiger partial charge in [0.05, 0.1) is 13.2 Å². The van der Waals surface area contributed by atoms with Gasteiger partial charge in [-0.1, -0.05) is 33.1 Å². The Morgan fingerprint density at radius 2 is 1.84 bits per heavy atom. The number of ketones is 1. The molecule has 0 atom stereocenters. The van der Waals surface area contributed by atoms with Gasteiger partial charge in [0.25, 0.3) is 0 Å². The first kappa shape index (κ1) is 16.6. The van der Waals surface area contributed by atoms with E-state index in [-0.39, 0.29) is 0 Å². The van der Waals surface area contributed by atoms with Crippen molar-refractivity contribution in [2.75, 3.05) is 26.8 Å². The van der Waals surface area contributed by atoms with Gasteiger partial charge in [-0.05, 0) is 25.7 Å². The number of Topliss-reactive ketones (excluding diaryl/α,β-unsaturated/α-hetero) is 1. The van der Waals surface area contributed by atoms with Gasteiger partial charge in [0, 0.05) is 25.6 Å². The third-order valence-corrected chi connectivity index (χ3v) is 4.46. The van der Waals surface area contributed by atoms with Crippen molar-refractivity contribution >= 4 is 5.78 Å². The molecule has 0 amide bonds. The van der Waals surface area contributed by atoms with Crippen LogP contribution in [0.25, 0.3) is 0 Å². The van der Waals surface area contributed by atoms with Crippen molar-refractivity contribution in [1.29, 1.82) is 0 Å². The molecule has 1 rings (SSSR count). The minimum Gasteiger partial charge on any atom is -0.383 e. The molecular formula is C16H31NO2. The summed E-state index contributed by atoms with van der Waals surface area (Å²) in [5.74, 6) is 0.788. The Morgan fingerprint density at radius 1 is 1.21 bits per heavy atom. The zero-order valence-electron chi connectivity index (χ0n) is 13.0. The largest absolute Gasteiger partial charge is 0.383 e. The average Bonchev–Trinajstić information content (AvgIpc) is 2.46. The Kier molecular flexibility index (Phi) is 8.31. The average molecular weight is 269 g/mol. The molecule has 0 unspecified atom stereocenters. The van der Waals surface area contributed by atoms with E-state index in [4.69, 9.17) is 4.74 Å². The van der Waals surface area contributed by atoms with Crippen molar-refractivity contribution < 1.29 is 9.53 Å². The highest BCUT2D eigenvalue weighted by Crippen LogP contribution is 2.25. The normalized spacial score (nSPS) is 17.3. The van der Waals surface area contributed by atoms with E-state index >= 15 is 0 Å². The van der Waals surface area contributed by atoms with Gasteiger partial charge in [0.15, 0.2) is 0 Å². The van der Waals surface area contributed by atoms with Gasteiger partial charge < -0.3 is 4.74 Å². The molecule has 0 N–H and O–H groups in total. The van der Waals surface area contributed by atoms with Crippen LogP contribution in [-0.2, 0) is 9.53 Å². The second-order valence-corrected chi connectivity index (χ2v) is 5.73. The van der Waals surface area contributed by atoms with E-state index in [2.05, 4.69) is 18.7 Å². The molecule has 3 heteroatoms. The number of rotatable bonds is 9. The first-order valence-corrected chi connectivity index (χ1v) is 7.98. The molecule has 1 aliphatic rings. The van der Waals surface area contributed by atoms with E-state index in [1.807, 2.05) is 0 Å². The number of methoxy groups -OCH3 is 1. The van der Waals surface area contributed by atoms with Crippen LogP contribution in [0, 0.1) is 5.92 Å². The number of nitrogens with zero attached hydrogens (tertiary/aromatic N) is 1. The second-order valence-electron chi connectivity index (χ2n) is 5.73. The highest BCUT2D eigenvalue weighted by molar-refractivity contribution is 5.83. The summed E-state index contributed by atoms with van der Waals surface area (Å²) in [4.78, 5) is 14.8. The topological polar surface area (TPSA) is 29.5 Å². The zero-order valence-corrected chi connectivity index (χ0v) is 13.0. The molecule has 0 aliphatic heterocycles.